The predicted molar refractivity (Wildman–Crippen MR) is 72.7 cm³/mol. The fourth-order valence-electron chi connectivity index (χ4n) is 2.53. The smallest absolute Gasteiger partial charge is 0.125 e. The molecule has 4 nitrogen and oxygen atoms in total. The van der Waals surface area contributed by atoms with Crippen LogP contribution in [0.4, 0.5) is 0 Å². The van der Waals surface area contributed by atoms with Crippen LogP contribution in [0.1, 0.15) is 35.5 Å². The van der Waals surface area contributed by atoms with Gasteiger partial charge in [-0.1, -0.05) is 6.92 Å². The summed E-state index contributed by atoms with van der Waals surface area (Å²) in [6, 6.07) is 4.15. The second-order valence-electron chi connectivity index (χ2n) is 5.07. The van der Waals surface area contributed by atoms with Crippen molar-refractivity contribution in [3.8, 4) is 0 Å². The van der Waals surface area contributed by atoms with Gasteiger partial charge in [0.25, 0.3) is 0 Å². The average Bonchev–Trinajstić information content (AvgIpc) is 2.86. The summed E-state index contributed by atoms with van der Waals surface area (Å²) >= 11 is 0. The average molecular weight is 257 g/mol. The van der Waals surface area contributed by atoms with Gasteiger partial charge in [-0.05, 0) is 19.1 Å². The molecule has 0 saturated heterocycles. The van der Waals surface area contributed by atoms with Crippen LogP contribution in [0.2, 0.25) is 0 Å². The van der Waals surface area contributed by atoms with Crippen molar-refractivity contribution in [2.75, 3.05) is 6.54 Å². The summed E-state index contributed by atoms with van der Waals surface area (Å²) in [4.78, 5) is 11.2. The minimum atomic E-state index is 0.867. The van der Waals surface area contributed by atoms with Gasteiger partial charge in [0, 0.05) is 43.4 Å². The van der Waals surface area contributed by atoms with Crippen molar-refractivity contribution < 1.29 is 4.42 Å². The summed E-state index contributed by atoms with van der Waals surface area (Å²) < 4.78 is 5.77. The van der Waals surface area contributed by atoms with Gasteiger partial charge in [-0.15, -0.1) is 0 Å². The van der Waals surface area contributed by atoms with E-state index in [1.165, 1.54) is 11.3 Å². The van der Waals surface area contributed by atoms with Crippen molar-refractivity contribution in [3.05, 3.63) is 46.9 Å². The molecule has 3 rings (SSSR count). The maximum absolute atomic E-state index is 5.77. The van der Waals surface area contributed by atoms with E-state index in [0.29, 0.717) is 0 Å². The normalized spacial score (nSPS) is 15.5. The summed E-state index contributed by atoms with van der Waals surface area (Å²) in [7, 11) is 0. The first kappa shape index (κ1) is 12.4. The van der Waals surface area contributed by atoms with Crippen LogP contribution < -0.4 is 0 Å². The van der Waals surface area contributed by atoms with Crippen LogP contribution in [0, 0.1) is 6.92 Å². The van der Waals surface area contributed by atoms with Crippen LogP contribution in [0.15, 0.2) is 22.7 Å². The van der Waals surface area contributed by atoms with Crippen molar-refractivity contribution in [1.29, 1.82) is 0 Å². The maximum atomic E-state index is 5.77. The third-order valence-electron chi connectivity index (χ3n) is 3.58. The van der Waals surface area contributed by atoms with E-state index >= 15 is 0 Å². The molecule has 3 heterocycles. The Hall–Kier alpha value is -1.68. The van der Waals surface area contributed by atoms with Gasteiger partial charge in [0.15, 0.2) is 0 Å². The first-order valence-corrected chi connectivity index (χ1v) is 6.86. The summed E-state index contributed by atoms with van der Waals surface area (Å²) in [5.41, 5.74) is 2.46. The standard InChI is InChI=1S/C15H19N3O/c1-3-13-4-5-14(19-13)10-18-7-6-15-12(9-18)8-16-11(2)17-15/h4-5,8H,3,6-7,9-10H2,1-2H3. The number of nitrogens with zero attached hydrogens (tertiary/aromatic N) is 3. The largest absolute Gasteiger partial charge is 0.465 e. The molecule has 0 aromatic carbocycles. The van der Waals surface area contributed by atoms with Crippen molar-refractivity contribution in [2.24, 2.45) is 0 Å². The molecule has 19 heavy (non-hydrogen) atoms. The molecule has 0 fully saturated rings. The molecule has 0 atom stereocenters. The van der Waals surface area contributed by atoms with Crippen LogP contribution in [-0.4, -0.2) is 21.4 Å². The lowest BCUT2D eigenvalue weighted by molar-refractivity contribution is 0.221. The zero-order valence-corrected chi connectivity index (χ0v) is 11.5. The highest BCUT2D eigenvalue weighted by Gasteiger charge is 2.18. The van der Waals surface area contributed by atoms with E-state index in [0.717, 1.165) is 49.8 Å². The predicted octanol–water partition coefficient (Wildman–Crippen LogP) is 2.50. The molecule has 0 unspecified atom stereocenters. The number of furan rings is 1. The van der Waals surface area contributed by atoms with Crippen LogP contribution in [0.25, 0.3) is 0 Å². The SMILES string of the molecule is CCc1ccc(CN2CCc3nc(C)ncc3C2)o1. The molecular formula is C15H19N3O. The van der Waals surface area contributed by atoms with Gasteiger partial charge in [-0.2, -0.15) is 0 Å². The van der Waals surface area contributed by atoms with E-state index in [1.807, 2.05) is 13.1 Å². The fraction of sp³-hybridized carbons (Fsp3) is 0.467. The summed E-state index contributed by atoms with van der Waals surface area (Å²) in [5, 5.41) is 0. The summed E-state index contributed by atoms with van der Waals surface area (Å²) in [5.74, 6) is 2.98. The van der Waals surface area contributed by atoms with E-state index in [1.54, 1.807) is 0 Å². The van der Waals surface area contributed by atoms with E-state index in [4.69, 9.17) is 4.42 Å². The number of fused-ring (bicyclic) bond motifs is 1. The van der Waals surface area contributed by atoms with Gasteiger partial charge >= 0.3 is 0 Å². The molecule has 100 valence electrons. The van der Waals surface area contributed by atoms with Crippen molar-refractivity contribution in [2.45, 2.75) is 39.8 Å². The molecule has 1 aliphatic heterocycles. The highest BCUT2D eigenvalue weighted by Crippen LogP contribution is 2.19. The number of aryl methyl sites for hydroxylation is 2. The Bertz CT molecular complexity index is 577. The molecule has 0 spiro atoms. The first-order chi connectivity index (χ1) is 9.24. The van der Waals surface area contributed by atoms with Gasteiger partial charge in [-0.25, -0.2) is 9.97 Å². The Kier molecular flexibility index (Phi) is 3.34. The van der Waals surface area contributed by atoms with Crippen LogP contribution in [-0.2, 0) is 25.9 Å². The number of rotatable bonds is 3. The summed E-state index contributed by atoms with van der Waals surface area (Å²) in [6.45, 7) is 6.87. The number of hydrogen-bond donors (Lipinski definition) is 0. The zero-order chi connectivity index (χ0) is 13.2. The monoisotopic (exact) mass is 257 g/mol. The molecule has 0 amide bonds. The number of aromatic nitrogens is 2. The minimum absolute atomic E-state index is 0.867. The highest BCUT2D eigenvalue weighted by molar-refractivity contribution is 5.20. The van der Waals surface area contributed by atoms with Crippen molar-refractivity contribution in [3.63, 3.8) is 0 Å². The lowest BCUT2D eigenvalue weighted by atomic mass is 10.1. The molecule has 1 aliphatic rings. The van der Waals surface area contributed by atoms with Crippen LogP contribution in [0.5, 0.6) is 0 Å². The quantitative estimate of drug-likeness (QED) is 0.847. The van der Waals surface area contributed by atoms with E-state index in [9.17, 15) is 0 Å². The zero-order valence-electron chi connectivity index (χ0n) is 11.5. The van der Waals surface area contributed by atoms with Crippen molar-refractivity contribution >= 4 is 0 Å². The Morgan fingerprint density at radius 1 is 1.32 bits per heavy atom. The highest BCUT2D eigenvalue weighted by atomic mass is 16.3. The van der Waals surface area contributed by atoms with Crippen LogP contribution >= 0.6 is 0 Å². The molecule has 0 saturated carbocycles. The molecule has 0 bridgehead atoms. The van der Waals surface area contributed by atoms with Crippen molar-refractivity contribution in [1.82, 2.24) is 14.9 Å². The lowest BCUT2D eigenvalue weighted by Crippen LogP contribution is -2.30. The third kappa shape index (κ3) is 2.68. The van der Waals surface area contributed by atoms with Gasteiger partial charge < -0.3 is 4.42 Å². The maximum Gasteiger partial charge on any atom is 0.125 e. The van der Waals surface area contributed by atoms with Crippen LogP contribution in [0.3, 0.4) is 0 Å². The third-order valence-corrected chi connectivity index (χ3v) is 3.58. The first-order valence-electron chi connectivity index (χ1n) is 6.86. The molecule has 0 N–H and O–H groups in total. The van der Waals surface area contributed by atoms with Gasteiger partial charge in [0.05, 0.1) is 6.54 Å². The minimum Gasteiger partial charge on any atom is -0.465 e. The fourth-order valence-corrected chi connectivity index (χ4v) is 2.53. The van der Waals surface area contributed by atoms with Gasteiger partial charge in [0.2, 0.25) is 0 Å². The Morgan fingerprint density at radius 2 is 2.16 bits per heavy atom. The summed E-state index contributed by atoms with van der Waals surface area (Å²) in [6.07, 6.45) is 3.92. The Balaban J connectivity index is 1.70. The second-order valence-corrected chi connectivity index (χ2v) is 5.07. The van der Waals surface area contributed by atoms with Gasteiger partial charge in [-0.3, -0.25) is 4.90 Å². The molecule has 0 aliphatic carbocycles. The second kappa shape index (κ2) is 5.13. The molecule has 2 aromatic rings. The molecule has 2 aromatic heterocycles. The molecule has 4 heteroatoms. The van der Waals surface area contributed by atoms with Gasteiger partial charge in [0.1, 0.15) is 17.3 Å². The lowest BCUT2D eigenvalue weighted by Gasteiger charge is -2.27. The molecule has 0 radical (unpaired) electrons. The Labute approximate surface area is 113 Å². The van der Waals surface area contributed by atoms with E-state index < -0.39 is 0 Å². The number of hydrogen-bond acceptors (Lipinski definition) is 4. The van der Waals surface area contributed by atoms with E-state index in [2.05, 4.69) is 33.9 Å². The Morgan fingerprint density at radius 3 is 2.95 bits per heavy atom. The van der Waals surface area contributed by atoms with E-state index in [-0.39, 0.29) is 0 Å². The topological polar surface area (TPSA) is 42.2 Å². The molecular weight excluding hydrogens is 238 g/mol.